The van der Waals surface area contributed by atoms with Crippen molar-refractivity contribution in [2.45, 2.75) is 16.8 Å². The van der Waals surface area contributed by atoms with E-state index in [1.54, 1.807) is 18.2 Å². The summed E-state index contributed by atoms with van der Waals surface area (Å²) >= 11 is 0. The van der Waals surface area contributed by atoms with Gasteiger partial charge in [-0.05, 0) is 48.0 Å². The van der Waals surface area contributed by atoms with Gasteiger partial charge in [0.25, 0.3) is 5.91 Å². The van der Waals surface area contributed by atoms with Crippen molar-refractivity contribution in [1.29, 1.82) is 0 Å². The van der Waals surface area contributed by atoms with Gasteiger partial charge in [-0.25, -0.2) is 8.42 Å². The van der Waals surface area contributed by atoms with Crippen molar-refractivity contribution in [1.82, 2.24) is 0 Å². The number of sulfone groups is 1. The molecule has 3 aromatic rings. The summed E-state index contributed by atoms with van der Waals surface area (Å²) in [5.41, 5.74) is -0.487. The van der Waals surface area contributed by atoms with Crippen molar-refractivity contribution in [3.8, 4) is 5.75 Å². The van der Waals surface area contributed by atoms with E-state index in [2.05, 4.69) is 5.32 Å². The molecule has 0 aromatic heterocycles. The highest BCUT2D eigenvalue weighted by Gasteiger charge is 2.31. The van der Waals surface area contributed by atoms with Crippen LogP contribution in [0.4, 0.5) is 18.9 Å². The zero-order chi connectivity index (χ0) is 24.8. The van der Waals surface area contributed by atoms with E-state index in [-0.39, 0.29) is 40.9 Å². The molecule has 0 spiro atoms. The molecular formula is C24H22F3NO5S. The number of halogens is 3. The molecule has 3 aromatic carbocycles. The zero-order valence-electron chi connectivity index (χ0n) is 18.1. The van der Waals surface area contributed by atoms with Gasteiger partial charge >= 0.3 is 6.18 Å². The Balaban J connectivity index is 1.77. The fourth-order valence-corrected chi connectivity index (χ4v) is 4.41. The van der Waals surface area contributed by atoms with Gasteiger partial charge in [-0.15, -0.1) is 0 Å². The lowest BCUT2D eigenvalue weighted by atomic mass is 10.1. The number of nitrogens with one attached hydrogen (secondary N) is 1. The highest BCUT2D eigenvalue weighted by atomic mass is 32.2. The predicted molar refractivity (Wildman–Crippen MR) is 121 cm³/mol. The molecule has 180 valence electrons. The average Bonchev–Trinajstić information content (AvgIpc) is 2.80. The van der Waals surface area contributed by atoms with Crippen LogP contribution in [0.1, 0.15) is 21.5 Å². The SMILES string of the molecule is COCCOc1ccc(C(F)(F)F)cc1NC(=O)c1ccc(CS(=O)(=O)c2ccccc2)cc1. The molecule has 6 nitrogen and oxygen atoms in total. The monoisotopic (exact) mass is 493 g/mol. The second-order valence-electron chi connectivity index (χ2n) is 7.27. The van der Waals surface area contributed by atoms with Crippen molar-refractivity contribution in [2.75, 3.05) is 25.6 Å². The van der Waals surface area contributed by atoms with E-state index in [1.807, 2.05) is 0 Å². The summed E-state index contributed by atoms with van der Waals surface area (Å²) < 4.78 is 74.8. The van der Waals surface area contributed by atoms with Crippen LogP contribution in [0.2, 0.25) is 0 Å². The molecule has 1 N–H and O–H groups in total. The maximum absolute atomic E-state index is 13.1. The second-order valence-corrected chi connectivity index (χ2v) is 9.26. The summed E-state index contributed by atoms with van der Waals surface area (Å²) in [4.78, 5) is 12.9. The number of amides is 1. The number of methoxy groups -OCH3 is 1. The van der Waals surface area contributed by atoms with Gasteiger partial charge in [0.2, 0.25) is 0 Å². The Morgan fingerprint density at radius 1 is 0.941 bits per heavy atom. The van der Waals surface area contributed by atoms with E-state index in [0.717, 1.165) is 18.2 Å². The molecule has 10 heteroatoms. The maximum atomic E-state index is 13.1. The first-order valence-corrected chi connectivity index (χ1v) is 11.8. The Morgan fingerprint density at radius 2 is 1.62 bits per heavy atom. The van der Waals surface area contributed by atoms with Crippen LogP contribution >= 0.6 is 0 Å². The van der Waals surface area contributed by atoms with Crippen LogP contribution in [0.25, 0.3) is 0 Å². The Kier molecular flexibility index (Phi) is 7.95. The van der Waals surface area contributed by atoms with Gasteiger partial charge in [-0.3, -0.25) is 4.79 Å². The largest absolute Gasteiger partial charge is 0.489 e. The highest BCUT2D eigenvalue weighted by molar-refractivity contribution is 7.90. The van der Waals surface area contributed by atoms with E-state index in [0.29, 0.717) is 5.56 Å². The Bertz CT molecular complexity index is 1230. The Morgan fingerprint density at radius 3 is 2.24 bits per heavy atom. The summed E-state index contributed by atoms with van der Waals surface area (Å²) in [5.74, 6) is -0.873. The van der Waals surface area contributed by atoms with Gasteiger partial charge < -0.3 is 14.8 Å². The Labute approximate surface area is 195 Å². The first-order valence-electron chi connectivity index (χ1n) is 10.1. The third-order valence-corrected chi connectivity index (χ3v) is 6.48. The molecular weight excluding hydrogens is 471 g/mol. The second kappa shape index (κ2) is 10.7. The lowest BCUT2D eigenvalue weighted by Gasteiger charge is -2.15. The number of hydrogen-bond donors (Lipinski definition) is 1. The van der Waals surface area contributed by atoms with Gasteiger partial charge in [0.1, 0.15) is 12.4 Å². The van der Waals surface area contributed by atoms with Crippen molar-refractivity contribution >= 4 is 21.4 Å². The number of alkyl halides is 3. The molecule has 0 aliphatic rings. The third-order valence-electron chi connectivity index (χ3n) is 4.78. The summed E-state index contributed by atoms with van der Waals surface area (Å²) in [6.07, 6.45) is -4.60. The topological polar surface area (TPSA) is 81.7 Å². The number of carbonyl (C=O) groups is 1. The number of hydrogen-bond acceptors (Lipinski definition) is 5. The van der Waals surface area contributed by atoms with E-state index in [1.165, 1.54) is 43.5 Å². The minimum atomic E-state index is -4.60. The van der Waals surface area contributed by atoms with Crippen LogP contribution in [-0.4, -0.2) is 34.6 Å². The van der Waals surface area contributed by atoms with Gasteiger partial charge in [-0.2, -0.15) is 13.2 Å². The molecule has 0 saturated carbocycles. The van der Waals surface area contributed by atoms with Crippen LogP contribution in [-0.2, 0) is 26.5 Å². The van der Waals surface area contributed by atoms with E-state index >= 15 is 0 Å². The summed E-state index contributed by atoms with van der Waals surface area (Å²) in [6.45, 7) is 0.289. The van der Waals surface area contributed by atoms with E-state index in [9.17, 15) is 26.4 Å². The molecule has 0 heterocycles. The lowest BCUT2D eigenvalue weighted by Crippen LogP contribution is -2.15. The smallest absolute Gasteiger partial charge is 0.416 e. The number of rotatable bonds is 9. The molecule has 0 atom stereocenters. The highest BCUT2D eigenvalue weighted by Crippen LogP contribution is 2.35. The van der Waals surface area contributed by atoms with E-state index in [4.69, 9.17) is 9.47 Å². The van der Waals surface area contributed by atoms with Gasteiger partial charge in [0.15, 0.2) is 9.84 Å². The van der Waals surface area contributed by atoms with Gasteiger partial charge in [0, 0.05) is 12.7 Å². The number of anilines is 1. The fourth-order valence-electron chi connectivity index (χ4n) is 3.04. The minimum Gasteiger partial charge on any atom is -0.489 e. The maximum Gasteiger partial charge on any atom is 0.416 e. The number of carbonyl (C=O) groups excluding carboxylic acids is 1. The zero-order valence-corrected chi connectivity index (χ0v) is 18.9. The Hall–Kier alpha value is -3.37. The summed E-state index contributed by atoms with van der Waals surface area (Å²) in [6, 6.07) is 16.5. The van der Waals surface area contributed by atoms with Crippen molar-refractivity contribution in [3.63, 3.8) is 0 Å². The predicted octanol–water partition coefficient (Wildman–Crippen LogP) is 4.96. The molecule has 0 saturated heterocycles. The molecule has 0 fully saturated rings. The lowest BCUT2D eigenvalue weighted by molar-refractivity contribution is -0.137. The standard InChI is InChI=1S/C24H22F3NO5S/c1-32-13-14-33-22-12-11-19(24(25,26)27)15-21(22)28-23(29)18-9-7-17(8-10-18)16-34(30,31)20-5-3-2-4-6-20/h2-12,15H,13-14,16H2,1H3,(H,28,29). The quantitative estimate of drug-likeness (QED) is 0.427. The molecule has 0 aliphatic heterocycles. The van der Waals surface area contributed by atoms with Crippen LogP contribution in [0, 0.1) is 0 Å². The molecule has 0 unspecified atom stereocenters. The molecule has 0 bridgehead atoms. The van der Waals surface area contributed by atoms with Gasteiger partial charge in [0.05, 0.1) is 28.5 Å². The van der Waals surface area contributed by atoms with Crippen molar-refractivity contribution in [2.24, 2.45) is 0 Å². The van der Waals surface area contributed by atoms with Crippen molar-refractivity contribution < 1.29 is 35.9 Å². The molecule has 0 radical (unpaired) electrons. The number of ether oxygens (including phenoxy) is 2. The van der Waals surface area contributed by atoms with Crippen LogP contribution in [0.3, 0.4) is 0 Å². The van der Waals surface area contributed by atoms with Crippen LogP contribution in [0.5, 0.6) is 5.75 Å². The first kappa shape index (κ1) is 25.3. The van der Waals surface area contributed by atoms with Crippen LogP contribution in [0.15, 0.2) is 77.7 Å². The molecule has 3 rings (SSSR count). The van der Waals surface area contributed by atoms with Crippen LogP contribution < -0.4 is 10.1 Å². The van der Waals surface area contributed by atoms with E-state index < -0.39 is 27.5 Å². The molecule has 1 amide bonds. The van der Waals surface area contributed by atoms with Crippen molar-refractivity contribution in [3.05, 3.63) is 89.5 Å². The summed E-state index contributed by atoms with van der Waals surface area (Å²) in [5, 5.41) is 2.44. The molecule has 34 heavy (non-hydrogen) atoms. The third kappa shape index (κ3) is 6.58. The average molecular weight is 494 g/mol. The normalized spacial score (nSPS) is 11.8. The van der Waals surface area contributed by atoms with Gasteiger partial charge in [-0.1, -0.05) is 30.3 Å². The summed E-state index contributed by atoms with van der Waals surface area (Å²) in [7, 11) is -2.11. The molecule has 0 aliphatic carbocycles. The minimum absolute atomic E-state index is 0.0592. The number of benzene rings is 3. The first-order chi connectivity index (χ1) is 16.1. The fraction of sp³-hybridized carbons (Fsp3) is 0.208.